The van der Waals surface area contributed by atoms with Gasteiger partial charge in [-0.15, -0.1) is 0 Å². The number of para-hydroxylation sites is 1. The number of nitrogens with zero attached hydrogens (tertiary/aromatic N) is 1. The second-order valence-electron chi connectivity index (χ2n) is 5.15. The van der Waals surface area contributed by atoms with Crippen molar-refractivity contribution in [3.8, 4) is 11.5 Å². The van der Waals surface area contributed by atoms with Crippen molar-refractivity contribution in [3.63, 3.8) is 0 Å². The van der Waals surface area contributed by atoms with Crippen LogP contribution in [0.25, 0.3) is 0 Å². The summed E-state index contributed by atoms with van der Waals surface area (Å²) >= 11 is 0. The summed E-state index contributed by atoms with van der Waals surface area (Å²) in [5, 5.41) is 2.96. The molecular formula is C16H20N2O3. The Kier molecular flexibility index (Phi) is 4.40. The molecule has 0 bridgehead atoms. The molecule has 1 amide bonds. The zero-order valence-corrected chi connectivity index (χ0v) is 12.0. The zero-order valence-electron chi connectivity index (χ0n) is 12.0. The van der Waals surface area contributed by atoms with Crippen LogP contribution in [0.4, 0.5) is 0 Å². The predicted molar refractivity (Wildman–Crippen MR) is 80.0 cm³/mol. The lowest BCUT2D eigenvalue weighted by Crippen LogP contribution is -2.36. The van der Waals surface area contributed by atoms with Gasteiger partial charge in [0, 0.05) is 26.2 Å². The Morgan fingerprint density at radius 1 is 1.24 bits per heavy atom. The van der Waals surface area contributed by atoms with Crippen molar-refractivity contribution in [2.24, 2.45) is 0 Å². The van der Waals surface area contributed by atoms with Crippen LogP contribution in [0.1, 0.15) is 16.8 Å². The molecule has 1 aromatic rings. The molecule has 0 saturated heterocycles. The molecule has 0 fully saturated rings. The van der Waals surface area contributed by atoms with Gasteiger partial charge in [-0.3, -0.25) is 9.69 Å². The summed E-state index contributed by atoms with van der Waals surface area (Å²) in [5.41, 5.74) is 0.547. The quantitative estimate of drug-likeness (QED) is 0.852. The number of ether oxygens (including phenoxy) is 2. The van der Waals surface area contributed by atoms with Gasteiger partial charge >= 0.3 is 0 Å². The molecule has 21 heavy (non-hydrogen) atoms. The van der Waals surface area contributed by atoms with Crippen LogP contribution in [0.2, 0.25) is 0 Å². The van der Waals surface area contributed by atoms with E-state index in [0.29, 0.717) is 36.8 Å². The van der Waals surface area contributed by atoms with E-state index >= 15 is 0 Å². The zero-order chi connectivity index (χ0) is 14.5. The Bertz CT molecular complexity index is 542. The number of hydrogen-bond acceptors (Lipinski definition) is 4. The highest BCUT2D eigenvalue weighted by atomic mass is 16.6. The normalized spacial score (nSPS) is 17.5. The molecule has 1 aromatic carbocycles. The summed E-state index contributed by atoms with van der Waals surface area (Å²) in [6, 6.07) is 5.41. The number of fused-ring (bicyclic) bond motifs is 1. The second kappa shape index (κ2) is 6.63. The van der Waals surface area contributed by atoms with Gasteiger partial charge in [0.25, 0.3) is 5.91 Å². The maximum Gasteiger partial charge on any atom is 0.255 e. The van der Waals surface area contributed by atoms with Gasteiger partial charge in [0.15, 0.2) is 11.5 Å². The highest BCUT2D eigenvalue weighted by molar-refractivity contribution is 5.97. The van der Waals surface area contributed by atoms with Crippen LogP contribution in [0.5, 0.6) is 11.5 Å². The van der Waals surface area contributed by atoms with Gasteiger partial charge in [-0.05, 0) is 18.6 Å². The van der Waals surface area contributed by atoms with Crippen LogP contribution in [-0.4, -0.2) is 50.2 Å². The van der Waals surface area contributed by atoms with E-state index in [1.54, 1.807) is 6.07 Å². The summed E-state index contributed by atoms with van der Waals surface area (Å²) in [4.78, 5) is 14.6. The topological polar surface area (TPSA) is 50.8 Å². The fourth-order valence-electron chi connectivity index (χ4n) is 2.57. The molecule has 3 rings (SSSR count). The monoisotopic (exact) mass is 288 g/mol. The molecule has 5 nitrogen and oxygen atoms in total. The predicted octanol–water partition coefficient (Wildman–Crippen LogP) is 1.45. The van der Waals surface area contributed by atoms with E-state index in [0.717, 1.165) is 26.1 Å². The van der Waals surface area contributed by atoms with Crippen molar-refractivity contribution >= 4 is 5.91 Å². The van der Waals surface area contributed by atoms with Gasteiger partial charge in [-0.2, -0.15) is 0 Å². The average molecular weight is 288 g/mol. The fraction of sp³-hybridized carbons (Fsp3) is 0.438. The maximum absolute atomic E-state index is 12.3. The van der Waals surface area contributed by atoms with Crippen LogP contribution < -0.4 is 14.8 Å². The lowest BCUT2D eigenvalue weighted by Gasteiger charge is -2.23. The third-order valence-corrected chi connectivity index (χ3v) is 3.67. The first-order valence-corrected chi connectivity index (χ1v) is 7.39. The molecule has 1 N–H and O–H groups in total. The van der Waals surface area contributed by atoms with Crippen molar-refractivity contribution < 1.29 is 14.3 Å². The van der Waals surface area contributed by atoms with Crippen molar-refractivity contribution in [1.82, 2.24) is 10.2 Å². The minimum absolute atomic E-state index is 0.107. The summed E-state index contributed by atoms with van der Waals surface area (Å²) < 4.78 is 11.1. The van der Waals surface area contributed by atoms with Gasteiger partial charge < -0.3 is 14.8 Å². The molecular weight excluding hydrogens is 268 g/mol. The van der Waals surface area contributed by atoms with Crippen LogP contribution in [-0.2, 0) is 0 Å². The van der Waals surface area contributed by atoms with Gasteiger partial charge in [0.1, 0.15) is 13.2 Å². The number of benzene rings is 1. The number of rotatable bonds is 4. The second-order valence-corrected chi connectivity index (χ2v) is 5.15. The van der Waals surface area contributed by atoms with Crippen LogP contribution in [0, 0.1) is 0 Å². The lowest BCUT2D eigenvalue weighted by molar-refractivity contribution is 0.0938. The number of nitrogens with one attached hydrogen (secondary N) is 1. The summed E-state index contributed by atoms with van der Waals surface area (Å²) in [6.45, 7) is 4.54. The third kappa shape index (κ3) is 3.36. The number of carbonyl (C=O) groups excluding carboxylic acids is 1. The Morgan fingerprint density at radius 2 is 2.14 bits per heavy atom. The number of amides is 1. The smallest absolute Gasteiger partial charge is 0.255 e. The van der Waals surface area contributed by atoms with E-state index in [4.69, 9.17) is 9.47 Å². The summed E-state index contributed by atoms with van der Waals surface area (Å²) in [6.07, 6.45) is 5.46. The van der Waals surface area contributed by atoms with E-state index in [1.165, 1.54) is 0 Å². The van der Waals surface area contributed by atoms with Crippen LogP contribution in [0.15, 0.2) is 30.4 Å². The molecule has 0 aromatic heterocycles. The largest absolute Gasteiger partial charge is 0.486 e. The molecule has 0 saturated carbocycles. The van der Waals surface area contributed by atoms with E-state index in [9.17, 15) is 4.79 Å². The van der Waals surface area contributed by atoms with Gasteiger partial charge in [0.05, 0.1) is 5.56 Å². The fourth-order valence-corrected chi connectivity index (χ4v) is 2.57. The Labute approximate surface area is 124 Å². The van der Waals surface area contributed by atoms with E-state index in [1.807, 2.05) is 12.1 Å². The molecule has 0 unspecified atom stereocenters. The van der Waals surface area contributed by atoms with Crippen LogP contribution in [0.3, 0.4) is 0 Å². The lowest BCUT2D eigenvalue weighted by atomic mass is 10.1. The average Bonchev–Trinajstić information content (AvgIpc) is 2.55. The van der Waals surface area contributed by atoms with Crippen molar-refractivity contribution in [2.75, 3.05) is 39.4 Å². The first-order chi connectivity index (χ1) is 10.3. The molecule has 0 radical (unpaired) electrons. The minimum atomic E-state index is -0.107. The van der Waals surface area contributed by atoms with Gasteiger partial charge in [-0.25, -0.2) is 0 Å². The highest BCUT2D eigenvalue weighted by Gasteiger charge is 2.20. The SMILES string of the molecule is O=C(NCCN1CC=CCC1)c1cccc2c1OCCO2. The Balaban J connectivity index is 1.57. The van der Waals surface area contributed by atoms with E-state index in [-0.39, 0.29) is 5.91 Å². The van der Waals surface area contributed by atoms with E-state index in [2.05, 4.69) is 22.4 Å². The molecule has 0 spiro atoms. The molecule has 5 heteroatoms. The highest BCUT2D eigenvalue weighted by Crippen LogP contribution is 2.33. The van der Waals surface area contributed by atoms with Gasteiger partial charge in [0.2, 0.25) is 0 Å². The van der Waals surface area contributed by atoms with Crippen LogP contribution >= 0.6 is 0 Å². The van der Waals surface area contributed by atoms with Crippen molar-refractivity contribution in [1.29, 1.82) is 0 Å². The molecule has 0 aliphatic carbocycles. The Hall–Kier alpha value is -2.01. The first kappa shape index (κ1) is 13.9. The van der Waals surface area contributed by atoms with Gasteiger partial charge in [-0.1, -0.05) is 18.2 Å². The van der Waals surface area contributed by atoms with Crippen molar-refractivity contribution in [2.45, 2.75) is 6.42 Å². The number of hydrogen-bond donors (Lipinski definition) is 1. The van der Waals surface area contributed by atoms with Crippen molar-refractivity contribution in [3.05, 3.63) is 35.9 Å². The molecule has 0 atom stereocenters. The maximum atomic E-state index is 12.3. The Morgan fingerprint density at radius 3 is 3.00 bits per heavy atom. The molecule has 2 aliphatic rings. The number of carbonyl (C=O) groups is 1. The standard InChI is InChI=1S/C16H20N2O3/c19-16(17-7-10-18-8-2-1-3-9-18)13-5-4-6-14-15(13)21-12-11-20-14/h1-2,4-6H,3,7-12H2,(H,17,19). The summed E-state index contributed by atoms with van der Waals surface area (Å²) in [7, 11) is 0. The molecule has 2 aliphatic heterocycles. The summed E-state index contributed by atoms with van der Waals surface area (Å²) in [5.74, 6) is 1.10. The minimum Gasteiger partial charge on any atom is -0.486 e. The molecule has 112 valence electrons. The first-order valence-electron chi connectivity index (χ1n) is 7.39. The molecule has 2 heterocycles. The third-order valence-electron chi connectivity index (χ3n) is 3.67. The van der Waals surface area contributed by atoms with E-state index < -0.39 is 0 Å².